The first-order valence-corrected chi connectivity index (χ1v) is 7.01. The summed E-state index contributed by atoms with van der Waals surface area (Å²) < 4.78 is 26.8. The van der Waals surface area contributed by atoms with Crippen molar-refractivity contribution in [1.29, 1.82) is 0 Å². The Morgan fingerprint density at radius 3 is 2.48 bits per heavy atom. The Morgan fingerprint density at radius 1 is 1.14 bits per heavy atom. The summed E-state index contributed by atoms with van der Waals surface area (Å²) in [7, 11) is 0. The molecule has 21 heavy (non-hydrogen) atoms. The summed E-state index contributed by atoms with van der Waals surface area (Å²) in [6.45, 7) is 3.01. The molecule has 0 saturated carbocycles. The van der Waals surface area contributed by atoms with Gasteiger partial charge in [-0.1, -0.05) is 18.3 Å². The molecule has 0 aromatic heterocycles. The maximum Gasteiger partial charge on any atom is 0.125 e. The molecule has 110 valence electrons. The van der Waals surface area contributed by atoms with E-state index in [9.17, 15) is 8.78 Å². The first kappa shape index (κ1) is 15.4. The lowest BCUT2D eigenvalue weighted by atomic mass is 10.1. The van der Waals surface area contributed by atoms with Crippen molar-refractivity contribution in [2.24, 2.45) is 5.73 Å². The molecule has 2 rings (SSSR count). The van der Waals surface area contributed by atoms with Gasteiger partial charge in [-0.2, -0.15) is 0 Å². The molecule has 2 N–H and O–H groups in total. The molecule has 0 unspecified atom stereocenters. The highest BCUT2D eigenvalue weighted by atomic mass is 32.1. The zero-order valence-electron chi connectivity index (χ0n) is 11.6. The predicted molar refractivity (Wildman–Crippen MR) is 85.4 cm³/mol. The van der Waals surface area contributed by atoms with E-state index in [1.807, 2.05) is 17.9 Å². The van der Waals surface area contributed by atoms with Gasteiger partial charge in [0, 0.05) is 24.3 Å². The van der Waals surface area contributed by atoms with Crippen LogP contribution in [-0.2, 0) is 6.54 Å². The summed E-state index contributed by atoms with van der Waals surface area (Å²) in [6, 6.07) is 10.6. The van der Waals surface area contributed by atoms with Gasteiger partial charge in [0.2, 0.25) is 0 Å². The molecule has 0 bridgehead atoms. The average Bonchev–Trinajstić information content (AvgIpc) is 2.44. The Kier molecular flexibility index (Phi) is 4.85. The molecule has 0 fully saturated rings. The van der Waals surface area contributed by atoms with Crippen LogP contribution in [0.1, 0.15) is 18.1 Å². The fraction of sp³-hybridized carbons (Fsp3) is 0.188. The predicted octanol–water partition coefficient (Wildman–Crippen LogP) is 3.63. The number of hydrogen-bond acceptors (Lipinski definition) is 2. The second kappa shape index (κ2) is 6.63. The number of nitrogens with two attached hydrogens (primary N) is 1. The highest BCUT2D eigenvalue weighted by Crippen LogP contribution is 2.20. The highest BCUT2D eigenvalue weighted by molar-refractivity contribution is 7.80. The number of hydrogen-bond donors (Lipinski definition) is 1. The van der Waals surface area contributed by atoms with E-state index in [-0.39, 0.29) is 16.6 Å². The first-order chi connectivity index (χ1) is 10.0. The van der Waals surface area contributed by atoms with Gasteiger partial charge in [-0.3, -0.25) is 0 Å². The maximum absolute atomic E-state index is 13.5. The van der Waals surface area contributed by atoms with Gasteiger partial charge in [-0.15, -0.1) is 0 Å². The topological polar surface area (TPSA) is 29.3 Å². The summed E-state index contributed by atoms with van der Waals surface area (Å²) in [4.78, 5) is 2.15. The molecule has 2 aromatic carbocycles. The molecule has 2 nitrogen and oxygen atoms in total. The van der Waals surface area contributed by atoms with Crippen LogP contribution in [0.3, 0.4) is 0 Å². The summed E-state index contributed by atoms with van der Waals surface area (Å²) in [5.41, 5.74) is 7.74. The van der Waals surface area contributed by atoms with Crippen LogP contribution in [-0.4, -0.2) is 11.5 Å². The van der Waals surface area contributed by atoms with Crippen LogP contribution in [0.5, 0.6) is 0 Å². The first-order valence-electron chi connectivity index (χ1n) is 6.60. The molecule has 0 saturated heterocycles. The van der Waals surface area contributed by atoms with E-state index in [4.69, 9.17) is 18.0 Å². The summed E-state index contributed by atoms with van der Waals surface area (Å²) in [5, 5.41) is 0. The van der Waals surface area contributed by atoms with Crippen molar-refractivity contribution in [1.82, 2.24) is 0 Å². The standard InChI is InChI=1S/C16H16F2N2S/c1-2-20(14-5-3-4-12(17)9-14)10-11-8-13(18)6-7-15(11)16(19)21/h3-9H,2,10H2,1H3,(H2,19,21). The van der Waals surface area contributed by atoms with E-state index in [1.54, 1.807) is 12.1 Å². The van der Waals surface area contributed by atoms with Crippen LogP contribution in [0.4, 0.5) is 14.5 Å². The van der Waals surface area contributed by atoms with E-state index in [2.05, 4.69) is 0 Å². The average molecular weight is 306 g/mol. The van der Waals surface area contributed by atoms with E-state index in [1.165, 1.54) is 24.3 Å². The Labute approximate surface area is 128 Å². The second-order valence-corrected chi connectivity index (χ2v) is 5.10. The van der Waals surface area contributed by atoms with Gasteiger partial charge in [-0.05, 0) is 48.9 Å². The molecule has 0 amide bonds. The van der Waals surface area contributed by atoms with Gasteiger partial charge in [0.25, 0.3) is 0 Å². The number of anilines is 1. The number of nitrogens with zero attached hydrogens (tertiary/aromatic N) is 1. The van der Waals surface area contributed by atoms with Crippen molar-refractivity contribution in [3.8, 4) is 0 Å². The van der Waals surface area contributed by atoms with Crippen LogP contribution in [0.15, 0.2) is 42.5 Å². The summed E-state index contributed by atoms with van der Waals surface area (Å²) in [6.07, 6.45) is 0. The third-order valence-electron chi connectivity index (χ3n) is 3.25. The third-order valence-corrected chi connectivity index (χ3v) is 3.47. The highest BCUT2D eigenvalue weighted by Gasteiger charge is 2.12. The lowest BCUT2D eigenvalue weighted by Gasteiger charge is -2.24. The Hall–Kier alpha value is -2.01. The van der Waals surface area contributed by atoms with E-state index in [0.29, 0.717) is 24.2 Å². The molecule has 2 aromatic rings. The minimum absolute atomic E-state index is 0.222. The van der Waals surface area contributed by atoms with Gasteiger partial charge in [-0.25, -0.2) is 8.78 Å². The van der Waals surface area contributed by atoms with Crippen LogP contribution in [0.25, 0.3) is 0 Å². The van der Waals surface area contributed by atoms with Crippen molar-refractivity contribution < 1.29 is 8.78 Å². The van der Waals surface area contributed by atoms with Crippen molar-refractivity contribution >= 4 is 22.9 Å². The monoisotopic (exact) mass is 306 g/mol. The van der Waals surface area contributed by atoms with Gasteiger partial charge >= 0.3 is 0 Å². The SMILES string of the molecule is CCN(Cc1cc(F)ccc1C(N)=S)c1cccc(F)c1. The van der Waals surface area contributed by atoms with Crippen LogP contribution >= 0.6 is 12.2 Å². The van der Waals surface area contributed by atoms with E-state index < -0.39 is 0 Å². The van der Waals surface area contributed by atoms with Crippen LogP contribution in [0.2, 0.25) is 0 Å². The number of halogens is 2. The maximum atomic E-state index is 13.5. The molecule has 0 radical (unpaired) electrons. The largest absolute Gasteiger partial charge is 0.389 e. The molecular weight excluding hydrogens is 290 g/mol. The Morgan fingerprint density at radius 2 is 1.86 bits per heavy atom. The second-order valence-electron chi connectivity index (χ2n) is 4.66. The van der Waals surface area contributed by atoms with Crippen molar-refractivity contribution in [3.63, 3.8) is 0 Å². The number of benzene rings is 2. The summed E-state index contributed by atoms with van der Waals surface area (Å²) in [5.74, 6) is -0.653. The molecule has 0 aliphatic carbocycles. The number of rotatable bonds is 5. The fourth-order valence-corrected chi connectivity index (χ4v) is 2.40. The fourth-order valence-electron chi connectivity index (χ4n) is 2.20. The van der Waals surface area contributed by atoms with Gasteiger partial charge < -0.3 is 10.6 Å². The molecule has 5 heteroatoms. The van der Waals surface area contributed by atoms with E-state index >= 15 is 0 Å². The Bertz CT molecular complexity index is 658. The van der Waals surface area contributed by atoms with Crippen LogP contribution < -0.4 is 10.6 Å². The lowest BCUT2D eigenvalue weighted by molar-refractivity contribution is 0.622. The molecule has 0 aliphatic rings. The van der Waals surface area contributed by atoms with Crippen molar-refractivity contribution in [2.75, 3.05) is 11.4 Å². The third kappa shape index (κ3) is 3.76. The van der Waals surface area contributed by atoms with Crippen LogP contribution in [0, 0.1) is 11.6 Å². The number of thiocarbonyl (C=S) groups is 1. The zero-order chi connectivity index (χ0) is 15.4. The minimum Gasteiger partial charge on any atom is -0.389 e. The molecule has 0 spiro atoms. The smallest absolute Gasteiger partial charge is 0.125 e. The molecule has 0 heterocycles. The lowest BCUT2D eigenvalue weighted by Crippen LogP contribution is -2.24. The quantitative estimate of drug-likeness (QED) is 0.855. The zero-order valence-corrected chi connectivity index (χ0v) is 12.5. The van der Waals surface area contributed by atoms with Gasteiger partial charge in [0.15, 0.2) is 0 Å². The minimum atomic E-state index is -0.347. The van der Waals surface area contributed by atoms with E-state index in [0.717, 1.165) is 5.69 Å². The van der Waals surface area contributed by atoms with Gasteiger partial charge in [0.05, 0.1) is 0 Å². The van der Waals surface area contributed by atoms with Crippen molar-refractivity contribution in [3.05, 3.63) is 65.2 Å². The molecular formula is C16H16F2N2S. The molecule has 0 aliphatic heterocycles. The van der Waals surface area contributed by atoms with Gasteiger partial charge in [0.1, 0.15) is 16.6 Å². The Balaban J connectivity index is 2.34. The normalized spacial score (nSPS) is 10.4. The van der Waals surface area contributed by atoms with Crippen molar-refractivity contribution in [2.45, 2.75) is 13.5 Å². The summed E-state index contributed by atoms with van der Waals surface area (Å²) >= 11 is 5.00. The molecule has 0 atom stereocenters.